The lowest BCUT2D eigenvalue weighted by molar-refractivity contribution is 0.267. The summed E-state index contributed by atoms with van der Waals surface area (Å²) in [6, 6.07) is 17.4. The van der Waals surface area contributed by atoms with Crippen molar-refractivity contribution in [2.24, 2.45) is 0 Å². The summed E-state index contributed by atoms with van der Waals surface area (Å²) < 4.78 is 70.9. The predicted octanol–water partition coefficient (Wildman–Crippen LogP) is 6.91. The van der Waals surface area contributed by atoms with Gasteiger partial charge in [0.05, 0.1) is 39.8 Å². The van der Waals surface area contributed by atoms with Gasteiger partial charge >= 0.3 is 15.2 Å². The molecule has 0 saturated heterocycles. The van der Waals surface area contributed by atoms with Gasteiger partial charge in [0.2, 0.25) is 0 Å². The average Bonchev–Trinajstić information content (AvgIpc) is 3.05. The Labute approximate surface area is 246 Å². The van der Waals surface area contributed by atoms with Gasteiger partial charge in [-0.1, -0.05) is 24.3 Å². The van der Waals surface area contributed by atoms with Crippen LogP contribution in [0.3, 0.4) is 0 Å². The number of rotatable bonds is 16. The molecule has 0 radical (unpaired) electrons. The molecule has 0 aliphatic heterocycles. The molecule has 0 aromatic heterocycles. The van der Waals surface area contributed by atoms with Crippen molar-refractivity contribution in [3.05, 3.63) is 71.8 Å². The summed E-state index contributed by atoms with van der Waals surface area (Å²) in [5.41, 5.74) is 2.09. The van der Waals surface area contributed by atoms with Gasteiger partial charge in [-0.25, -0.2) is 0 Å². The van der Waals surface area contributed by atoms with Gasteiger partial charge in [0.25, 0.3) is 0 Å². The molecule has 0 spiro atoms. The van der Waals surface area contributed by atoms with Crippen molar-refractivity contribution in [3.8, 4) is 23.0 Å². The summed E-state index contributed by atoms with van der Waals surface area (Å²) in [6.45, 7) is 0. The van der Waals surface area contributed by atoms with Gasteiger partial charge in [0.1, 0.15) is 0 Å². The van der Waals surface area contributed by atoms with E-state index in [0.717, 1.165) is 0 Å². The minimum atomic E-state index is -3.78. The number of methoxy groups -OCH3 is 4. The van der Waals surface area contributed by atoms with Crippen molar-refractivity contribution in [3.63, 3.8) is 0 Å². The maximum absolute atomic E-state index is 13.8. The third-order valence-corrected chi connectivity index (χ3v) is 10.8. The lowest BCUT2D eigenvalue weighted by Crippen LogP contribution is -2.18. The average molecular weight is 625 g/mol. The maximum Gasteiger partial charge on any atom is 0.356 e. The fourth-order valence-corrected chi connectivity index (χ4v) is 7.12. The van der Waals surface area contributed by atoms with Gasteiger partial charge in [-0.2, -0.15) is 0 Å². The molecule has 0 heterocycles. The van der Waals surface area contributed by atoms with Crippen molar-refractivity contribution in [2.45, 2.75) is 11.6 Å². The molecule has 0 fully saturated rings. The van der Waals surface area contributed by atoms with E-state index in [-0.39, 0.29) is 0 Å². The van der Waals surface area contributed by atoms with Crippen molar-refractivity contribution < 1.29 is 46.2 Å². The van der Waals surface area contributed by atoms with Crippen LogP contribution in [0.15, 0.2) is 60.7 Å². The Kier molecular flexibility index (Phi) is 11.7. The summed E-state index contributed by atoms with van der Waals surface area (Å²) in [4.78, 5) is 0. The summed E-state index contributed by atoms with van der Waals surface area (Å²) in [6.07, 6.45) is 0. The van der Waals surface area contributed by atoms with Gasteiger partial charge < -0.3 is 47.7 Å². The monoisotopic (exact) mass is 624 g/mol. The zero-order valence-electron chi connectivity index (χ0n) is 24.9. The van der Waals surface area contributed by atoms with Crippen LogP contribution in [0.1, 0.15) is 22.7 Å². The molecule has 0 bridgehead atoms. The Morgan fingerprint density at radius 2 is 0.833 bits per heavy atom. The molecule has 2 atom stereocenters. The van der Waals surface area contributed by atoms with E-state index in [0.29, 0.717) is 45.5 Å². The van der Waals surface area contributed by atoms with E-state index >= 15 is 0 Å². The number of anilines is 2. The van der Waals surface area contributed by atoms with Crippen LogP contribution in [0.2, 0.25) is 0 Å². The zero-order valence-corrected chi connectivity index (χ0v) is 26.7. The molecule has 42 heavy (non-hydrogen) atoms. The maximum atomic E-state index is 13.8. The normalized spacial score (nSPS) is 13.1. The first-order valence-corrected chi connectivity index (χ1v) is 15.9. The lowest BCUT2D eigenvalue weighted by atomic mass is 10.1. The van der Waals surface area contributed by atoms with E-state index in [1.807, 2.05) is 0 Å². The van der Waals surface area contributed by atoms with Crippen LogP contribution in [0.25, 0.3) is 0 Å². The number of hydrogen-bond acceptors (Lipinski definition) is 12. The molecule has 3 rings (SSSR count). The van der Waals surface area contributed by atoms with Crippen molar-refractivity contribution >= 4 is 26.6 Å². The topological polar surface area (TPSA) is 132 Å². The molecule has 2 unspecified atom stereocenters. The highest BCUT2D eigenvalue weighted by atomic mass is 31.2. The second-order valence-corrected chi connectivity index (χ2v) is 13.3. The van der Waals surface area contributed by atoms with E-state index in [1.165, 1.54) is 56.9 Å². The van der Waals surface area contributed by atoms with Crippen LogP contribution in [-0.2, 0) is 27.2 Å². The van der Waals surface area contributed by atoms with Crippen LogP contribution >= 0.6 is 15.2 Å². The van der Waals surface area contributed by atoms with Crippen LogP contribution in [0.4, 0.5) is 11.4 Å². The second kappa shape index (κ2) is 14.8. The van der Waals surface area contributed by atoms with Gasteiger partial charge in [0, 0.05) is 28.4 Å². The van der Waals surface area contributed by atoms with E-state index < -0.39 is 26.8 Å². The van der Waals surface area contributed by atoms with Gasteiger partial charge in [-0.15, -0.1) is 0 Å². The quantitative estimate of drug-likeness (QED) is 0.160. The van der Waals surface area contributed by atoms with E-state index in [4.69, 9.17) is 37.0 Å². The van der Waals surface area contributed by atoms with E-state index in [9.17, 15) is 9.13 Å². The SMILES string of the molecule is COc1ccc(C(Nc2ccccc2NC(c2ccc(OC)c(OC)c2)P(=O)(OC)OC)P(=O)(OC)OC)cc1OC. The summed E-state index contributed by atoms with van der Waals surface area (Å²) in [5, 5.41) is 6.58. The van der Waals surface area contributed by atoms with Crippen LogP contribution < -0.4 is 29.6 Å². The molecular formula is C28H38N2O10P2. The van der Waals surface area contributed by atoms with Gasteiger partial charge in [-0.3, -0.25) is 9.13 Å². The minimum absolute atomic E-state index is 0.432. The highest BCUT2D eigenvalue weighted by Gasteiger charge is 2.39. The van der Waals surface area contributed by atoms with Crippen LogP contribution in [0, 0.1) is 0 Å². The van der Waals surface area contributed by atoms with Crippen molar-refractivity contribution in [1.82, 2.24) is 0 Å². The highest BCUT2D eigenvalue weighted by Crippen LogP contribution is 2.62. The Bertz CT molecular complexity index is 1320. The van der Waals surface area contributed by atoms with Crippen LogP contribution in [0.5, 0.6) is 23.0 Å². The molecule has 12 nitrogen and oxygen atoms in total. The largest absolute Gasteiger partial charge is 0.493 e. The highest BCUT2D eigenvalue weighted by molar-refractivity contribution is 7.54. The molecular weight excluding hydrogens is 586 g/mol. The summed E-state index contributed by atoms with van der Waals surface area (Å²) in [7, 11) is 3.75. The Hall–Kier alpha value is -3.24. The number of benzene rings is 3. The second-order valence-electron chi connectivity index (χ2n) is 8.68. The molecule has 0 amide bonds. The number of para-hydroxylation sites is 2. The standard InChI is InChI=1S/C28H38N2O10P2/c1-33-23-15-13-19(17-25(23)35-3)27(41(31,37-5)38-6)29-21-11-9-10-12-22(21)30-28(42(32,39-7)40-8)20-14-16-24(34-2)26(18-20)36-4/h9-18,27-30H,1-8H3. The molecule has 0 aliphatic carbocycles. The fraction of sp³-hybridized carbons (Fsp3) is 0.357. The third kappa shape index (κ3) is 7.03. The first-order valence-electron chi connectivity index (χ1n) is 12.7. The Morgan fingerprint density at radius 3 is 1.12 bits per heavy atom. The van der Waals surface area contributed by atoms with E-state index in [1.54, 1.807) is 60.7 Å². The van der Waals surface area contributed by atoms with Gasteiger partial charge in [-0.05, 0) is 47.5 Å². The summed E-state index contributed by atoms with van der Waals surface area (Å²) in [5.74, 6) is -0.0974. The fourth-order valence-electron chi connectivity index (χ4n) is 4.34. The number of ether oxygens (including phenoxy) is 4. The van der Waals surface area contributed by atoms with Gasteiger partial charge in [0.15, 0.2) is 34.6 Å². The summed E-state index contributed by atoms with van der Waals surface area (Å²) >= 11 is 0. The van der Waals surface area contributed by atoms with E-state index in [2.05, 4.69) is 10.6 Å². The van der Waals surface area contributed by atoms with Crippen LogP contribution in [-0.4, -0.2) is 56.9 Å². The molecule has 3 aromatic rings. The Balaban J connectivity index is 2.13. The first kappa shape index (κ1) is 33.3. The first-order chi connectivity index (χ1) is 20.2. The molecule has 0 aliphatic rings. The van der Waals surface area contributed by atoms with Crippen molar-refractivity contribution in [1.29, 1.82) is 0 Å². The molecule has 230 valence electrons. The smallest absolute Gasteiger partial charge is 0.356 e. The molecule has 0 saturated carbocycles. The van der Waals surface area contributed by atoms with Crippen molar-refractivity contribution in [2.75, 3.05) is 67.5 Å². The number of nitrogens with one attached hydrogen (secondary N) is 2. The molecule has 2 N–H and O–H groups in total. The zero-order chi connectivity index (χ0) is 30.9. The molecule has 14 heteroatoms. The third-order valence-electron chi connectivity index (χ3n) is 6.61. The number of hydrogen-bond donors (Lipinski definition) is 2. The minimum Gasteiger partial charge on any atom is -0.493 e. The predicted molar refractivity (Wildman–Crippen MR) is 162 cm³/mol. The lowest BCUT2D eigenvalue weighted by Gasteiger charge is -2.30. The Morgan fingerprint density at radius 1 is 0.500 bits per heavy atom. The molecule has 3 aromatic carbocycles.